The first-order valence-electron chi connectivity index (χ1n) is 7.07. The van der Waals surface area contributed by atoms with Gasteiger partial charge < -0.3 is 15.7 Å². The predicted molar refractivity (Wildman–Crippen MR) is 71.2 cm³/mol. The fraction of sp³-hybridized carbons (Fsp3) is 0.857. The van der Waals surface area contributed by atoms with E-state index in [2.05, 4.69) is 17.6 Å². The van der Waals surface area contributed by atoms with Gasteiger partial charge in [-0.05, 0) is 18.8 Å². The first kappa shape index (κ1) is 14.3. The number of aliphatic hydroxyl groups is 1. The van der Waals surface area contributed by atoms with Gasteiger partial charge in [0.15, 0.2) is 0 Å². The van der Waals surface area contributed by atoms with Crippen LogP contribution in [0.2, 0.25) is 0 Å². The Morgan fingerprint density at radius 2 is 1.95 bits per heavy atom. The van der Waals surface area contributed by atoms with Crippen molar-refractivity contribution in [1.82, 2.24) is 10.6 Å². The maximum Gasteiger partial charge on any atom is 0.223 e. The molecule has 0 radical (unpaired) electrons. The third-order valence-corrected chi connectivity index (χ3v) is 4.65. The van der Waals surface area contributed by atoms with Crippen molar-refractivity contribution in [3.63, 3.8) is 0 Å². The summed E-state index contributed by atoms with van der Waals surface area (Å²) in [6.07, 6.45) is 1.54. The van der Waals surface area contributed by atoms with Gasteiger partial charge in [0.25, 0.3) is 0 Å². The van der Waals surface area contributed by atoms with Crippen molar-refractivity contribution >= 4 is 11.8 Å². The van der Waals surface area contributed by atoms with E-state index in [4.69, 9.17) is 0 Å². The molecule has 5 heteroatoms. The average molecular weight is 268 g/mol. The molecule has 4 atom stereocenters. The second kappa shape index (κ2) is 5.12. The molecular formula is C14H24N2O3. The zero-order chi connectivity index (χ0) is 14.2. The van der Waals surface area contributed by atoms with Crippen LogP contribution in [-0.2, 0) is 9.59 Å². The van der Waals surface area contributed by atoms with Crippen LogP contribution in [0.3, 0.4) is 0 Å². The summed E-state index contributed by atoms with van der Waals surface area (Å²) in [6, 6.07) is 0.0363. The maximum absolute atomic E-state index is 11.7. The Morgan fingerprint density at radius 1 is 1.32 bits per heavy atom. The van der Waals surface area contributed by atoms with E-state index in [1.54, 1.807) is 0 Å². The average Bonchev–Trinajstić information content (AvgIpc) is 3.06. The normalized spacial score (nSPS) is 35.2. The van der Waals surface area contributed by atoms with Crippen LogP contribution < -0.4 is 10.6 Å². The number of aliphatic hydroxyl groups excluding tert-OH is 1. The van der Waals surface area contributed by atoms with Crippen molar-refractivity contribution in [1.29, 1.82) is 0 Å². The van der Waals surface area contributed by atoms with Crippen molar-refractivity contribution in [2.24, 2.45) is 17.3 Å². The molecule has 0 saturated heterocycles. The minimum absolute atomic E-state index is 0.0363. The van der Waals surface area contributed by atoms with Gasteiger partial charge in [0, 0.05) is 30.3 Å². The Labute approximate surface area is 114 Å². The van der Waals surface area contributed by atoms with Crippen LogP contribution >= 0.6 is 0 Å². The molecule has 2 saturated carbocycles. The highest BCUT2D eigenvalue weighted by atomic mass is 16.3. The molecule has 4 unspecified atom stereocenters. The number of nitrogens with one attached hydrogen (secondary N) is 2. The molecule has 0 aromatic rings. The molecule has 0 aliphatic heterocycles. The summed E-state index contributed by atoms with van der Waals surface area (Å²) in [5, 5.41) is 15.3. The topological polar surface area (TPSA) is 78.4 Å². The lowest BCUT2D eigenvalue weighted by atomic mass is 9.64. The molecule has 0 aromatic carbocycles. The molecule has 2 fully saturated rings. The fourth-order valence-electron chi connectivity index (χ4n) is 2.53. The summed E-state index contributed by atoms with van der Waals surface area (Å²) >= 11 is 0. The van der Waals surface area contributed by atoms with Gasteiger partial charge in [0.1, 0.15) is 0 Å². The Bertz CT molecular complexity index is 381. The Balaban J connectivity index is 1.61. The zero-order valence-electron chi connectivity index (χ0n) is 11.9. The van der Waals surface area contributed by atoms with Crippen molar-refractivity contribution in [2.45, 2.75) is 52.2 Å². The SMILES string of the molecule is CC1CC1C(=O)NCCC(=O)NC1CC(O)C1(C)C. The zero-order valence-corrected chi connectivity index (χ0v) is 11.9. The molecule has 0 aromatic heterocycles. The number of hydrogen-bond donors (Lipinski definition) is 3. The van der Waals surface area contributed by atoms with E-state index in [0.29, 0.717) is 25.3 Å². The van der Waals surface area contributed by atoms with E-state index in [9.17, 15) is 14.7 Å². The molecule has 2 aliphatic carbocycles. The number of carbonyl (C=O) groups excluding carboxylic acids is 2. The molecular weight excluding hydrogens is 244 g/mol. The van der Waals surface area contributed by atoms with Crippen LogP contribution in [0.1, 0.15) is 40.0 Å². The Morgan fingerprint density at radius 3 is 2.42 bits per heavy atom. The highest BCUT2D eigenvalue weighted by Gasteiger charge is 2.47. The monoisotopic (exact) mass is 268 g/mol. The van der Waals surface area contributed by atoms with Crippen LogP contribution in [-0.4, -0.2) is 35.6 Å². The molecule has 2 rings (SSSR count). The molecule has 3 N–H and O–H groups in total. The maximum atomic E-state index is 11.7. The number of hydrogen-bond acceptors (Lipinski definition) is 3. The molecule has 0 heterocycles. The van der Waals surface area contributed by atoms with Crippen LogP contribution in [0.25, 0.3) is 0 Å². The van der Waals surface area contributed by atoms with Crippen LogP contribution in [0.4, 0.5) is 0 Å². The second-order valence-electron chi connectivity index (χ2n) is 6.55. The minimum Gasteiger partial charge on any atom is -0.392 e. The van der Waals surface area contributed by atoms with Gasteiger partial charge >= 0.3 is 0 Å². The summed E-state index contributed by atoms with van der Waals surface area (Å²) in [7, 11) is 0. The van der Waals surface area contributed by atoms with E-state index < -0.39 is 0 Å². The predicted octanol–water partition coefficient (Wildman–Crippen LogP) is 0.424. The third kappa shape index (κ3) is 3.08. The standard InChI is InChI=1S/C14H24N2O3/c1-8-6-9(8)13(19)15-5-4-12(18)16-10-7-11(17)14(10,2)3/h8-11,17H,4-7H2,1-3H3,(H,15,19)(H,16,18). The smallest absolute Gasteiger partial charge is 0.223 e. The first-order chi connectivity index (χ1) is 8.82. The van der Waals surface area contributed by atoms with Gasteiger partial charge in [-0.2, -0.15) is 0 Å². The summed E-state index contributed by atoms with van der Waals surface area (Å²) in [6.45, 7) is 6.34. The fourth-order valence-corrected chi connectivity index (χ4v) is 2.53. The molecule has 0 spiro atoms. The highest BCUT2D eigenvalue weighted by Crippen LogP contribution is 2.40. The van der Waals surface area contributed by atoms with E-state index in [1.165, 1.54) is 0 Å². The molecule has 0 bridgehead atoms. The van der Waals surface area contributed by atoms with Gasteiger partial charge in [-0.3, -0.25) is 9.59 Å². The summed E-state index contributed by atoms with van der Waals surface area (Å²) in [5.74, 6) is 0.656. The quantitative estimate of drug-likeness (QED) is 0.676. The lowest BCUT2D eigenvalue weighted by Gasteiger charge is -2.49. The number of carbonyl (C=O) groups is 2. The molecule has 108 valence electrons. The summed E-state index contributed by atoms with van der Waals surface area (Å²) < 4.78 is 0. The van der Waals surface area contributed by atoms with Crippen molar-refractivity contribution in [3.05, 3.63) is 0 Å². The third-order valence-electron chi connectivity index (χ3n) is 4.65. The van der Waals surface area contributed by atoms with Gasteiger partial charge in [-0.25, -0.2) is 0 Å². The van der Waals surface area contributed by atoms with Crippen LogP contribution in [0.15, 0.2) is 0 Å². The Kier molecular flexibility index (Phi) is 3.85. The minimum atomic E-state index is -0.339. The number of rotatable bonds is 5. The molecule has 19 heavy (non-hydrogen) atoms. The first-order valence-corrected chi connectivity index (χ1v) is 7.07. The van der Waals surface area contributed by atoms with Gasteiger partial charge in [0.05, 0.1) is 6.10 Å². The number of amides is 2. The van der Waals surface area contributed by atoms with E-state index >= 15 is 0 Å². The summed E-state index contributed by atoms with van der Waals surface area (Å²) in [4.78, 5) is 23.3. The van der Waals surface area contributed by atoms with Gasteiger partial charge in [-0.15, -0.1) is 0 Å². The van der Waals surface area contributed by atoms with E-state index in [1.807, 2.05) is 13.8 Å². The Hall–Kier alpha value is -1.10. The van der Waals surface area contributed by atoms with Crippen molar-refractivity contribution < 1.29 is 14.7 Å². The molecule has 2 aliphatic rings. The van der Waals surface area contributed by atoms with Crippen molar-refractivity contribution in [3.8, 4) is 0 Å². The van der Waals surface area contributed by atoms with E-state index in [-0.39, 0.29) is 35.3 Å². The highest BCUT2D eigenvalue weighted by molar-refractivity contribution is 5.82. The van der Waals surface area contributed by atoms with Crippen molar-refractivity contribution in [2.75, 3.05) is 6.54 Å². The lowest BCUT2D eigenvalue weighted by molar-refractivity contribution is -0.129. The molecule has 5 nitrogen and oxygen atoms in total. The van der Waals surface area contributed by atoms with Crippen LogP contribution in [0.5, 0.6) is 0 Å². The van der Waals surface area contributed by atoms with Gasteiger partial charge in [0.2, 0.25) is 11.8 Å². The molecule has 2 amide bonds. The largest absolute Gasteiger partial charge is 0.392 e. The lowest BCUT2D eigenvalue weighted by Crippen LogP contribution is -2.61. The summed E-state index contributed by atoms with van der Waals surface area (Å²) in [5.41, 5.74) is -0.248. The van der Waals surface area contributed by atoms with Gasteiger partial charge in [-0.1, -0.05) is 20.8 Å². The second-order valence-corrected chi connectivity index (χ2v) is 6.55. The van der Waals surface area contributed by atoms with E-state index in [0.717, 1.165) is 6.42 Å². The van der Waals surface area contributed by atoms with Crippen LogP contribution in [0, 0.1) is 17.3 Å².